The summed E-state index contributed by atoms with van der Waals surface area (Å²) in [6, 6.07) is 0. The minimum absolute atomic E-state index is 0.265. The minimum atomic E-state index is 0.265. The Hall–Kier alpha value is -0.500. The maximum Gasteiger partial charge on any atom is 0.223 e. The van der Waals surface area contributed by atoms with Crippen molar-refractivity contribution in [1.29, 1.82) is 0 Å². The maximum atomic E-state index is 11.2. The Morgan fingerprint density at radius 3 is 2.92 bits per heavy atom. The second kappa shape index (κ2) is 4.51. The molecule has 0 bridgehead atoms. The van der Waals surface area contributed by atoms with Crippen LogP contribution in [0.4, 0.5) is 0 Å². The number of alkyl halides is 1. The third-order valence-electron chi connectivity index (χ3n) is 1.99. The van der Waals surface area contributed by atoms with Gasteiger partial charge in [0, 0.05) is 25.4 Å². The molecule has 1 amide bonds. The molecular weight excluding hydrogens is 174 g/mol. The van der Waals surface area contributed by atoms with Crippen molar-refractivity contribution >= 4 is 17.5 Å². The predicted octanol–water partition coefficient (Wildman–Crippen LogP) is 1.65. The van der Waals surface area contributed by atoms with E-state index in [9.17, 15) is 4.79 Å². The van der Waals surface area contributed by atoms with E-state index in [0.29, 0.717) is 18.2 Å². The Balaban J connectivity index is 2.33. The van der Waals surface area contributed by atoms with Gasteiger partial charge in [0.25, 0.3) is 0 Å². The van der Waals surface area contributed by atoms with Gasteiger partial charge >= 0.3 is 0 Å². The average molecular weight is 188 g/mol. The fraction of sp³-hybridized carbons (Fsp3) is 0.667. The summed E-state index contributed by atoms with van der Waals surface area (Å²) in [5.41, 5.74) is 0. The predicted molar refractivity (Wildman–Crippen MR) is 50.2 cm³/mol. The summed E-state index contributed by atoms with van der Waals surface area (Å²) < 4.78 is 0. The van der Waals surface area contributed by atoms with E-state index < -0.39 is 0 Å². The number of allylic oxidation sites excluding steroid dienone is 1. The number of carbonyl (C=O) groups excluding carboxylic acids is 1. The van der Waals surface area contributed by atoms with Crippen LogP contribution in [0.5, 0.6) is 0 Å². The zero-order chi connectivity index (χ0) is 8.97. The van der Waals surface area contributed by atoms with Gasteiger partial charge in [0.15, 0.2) is 0 Å². The van der Waals surface area contributed by atoms with Crippen LogP contribution in [0.1, 0.15) is 13.3 Å². The molecule has 0 N–H and O–H groups in total. The first-order chi connectivity index (χ1) is 5.74. The monoisotopic (exact) mass is 187 g/mol. The molecule has 0 saturated carbocycles. The first-order valence-corrected chi connectivity index (χ1v) is 4.76. The molecule has 68 valence electrons. The highest BCUT2D eigenvalue weighted by Crippen LogP contribution is 2.15. The van der Waals surface area contributed by atoms with Gasteiger partial charge in [0.05, 0.1) is 0 Å². The Bertz CT molecular complexity index is 191. The van der Waals surface area contributed by atoms with Gasteiger partial charge in [0.2, 0.25) is 5.91 Å². The minimum Gasteiger partial charge on any atom is -0.339 e. The summed E-state index contributed by atoms with van der Waals surface area (Å²) in [6.45, 7) is 3.71. The molecule has 2 nitrogen and oxygen atoms in total. The molecule has 1 rings (SSSR count). The quantitative estimate of drug-likeness (QED) is 0.486. The largest absolute Gasteiger partial charge is 0.339 e. The second-order valence-corrected chi connectivity index (χ2v) is 3.54. The highest BCUT2D eigenvalue weighted by molar-refractivity contribution is 6.18. The molecular formula is C9H14ClNO. The Morgan fingerprint density at radius 1 is 1.67 bits per heavy atom. The average Bonchev–Trinajstić information content (AvgIpc) is 2.31. The van der Waals surface area contributed by atoms with Gasteiger partial charge in [-0.2, -0.15) is 0 Å². The van der Waals surface area contributed by atoms with Crippen LogP contribution in [-0.4, -0.2) is 29.8 Å². The van der Waals surface area contributed by atoms with Crippen LogP contribution in [-0.2, 0) is 4.79 Å². The van der Waals surface area contributed by atoms with Crippen LogP contribution in [0.15, 0.2) is 12.2 Å². The molecule has 1 heterocycles. The van der Waals surface area contributed by atoms with Crippen molar-refractivity contribution < 1.29 is 4.79 Å². The molecule has 0 aromatic carbocycles. The van der Waals surface area contributed by atoms with E-state index in [4.69, 9.17) is 11.6 Å². The zero-order valence-corrected chi connectivity index (χ0v) is 8.05. The van der Waals surface area contributed by atoms with Crippen molar-refractivity contribution in [1.82, 2.24) is 4.90 Å². The van der Waals surface area contributed by atoms with Crippen molar-refractivity contribution in [2.45, 2.75) is 13.3 Å². The Kier molecular flexibility index (Phi) is 3.60. The number of carbonyl (C=O) groups is 1. The van der Waals surface area contributed by atoms with Crippen molar-refractivity contribution in [2.75, 3.05) is 19.0 Å². The molecule has 1 unspecified atom stereocenters. The number of rotatable bonds is 3. The number of amides is 1. The molecule has 1 atom stereocenters. The van der Waals surface area contributed by atoms with Crippen LogP contribution < -0.4 is 0 Å². The maximum absolute atomic E-state index is 11.2. The first-order valence-electron chi connectivity index (χ1n) is 4.22. The summed E-state index contributed by atoms with van der Waals surface area (Å²) in [5.74, 6) is 1.31. The third kappa shape index (κ3) is 2.52. The Morgan fingerprint density at radius 2 is 2.42 bits per heavy atom. The number of likely N-dealkylation sites (tertiary alicyclic amines) is 1. The van der Waals surface area contributed by atoms with E-state index >= 15 is 0 Å². The number of hydrogen-bond acceptors (Lipinski definition) is 1. The van der Waals surface area contributed by atoms with Gasteiger partial charge in [-0.25, -0.2) is 0 Å². The second-order valence-electron chi connectivity index (χ2n) is 3.23. The molecule has 1 fully saturated rings. The summed E-state index contributed by atoms with van der Waals surface area (Å²) in [4.78, 5) is 13.1. The van der Waals surface area contributed by atoms with Crippen LogP contribution in [0.25, 0.3) is 0 Å². The summed E-state index contributed by atoms with van der Waals surface area (Å²) >= 11 is 5.46. The van der Waals surface area contributed by atoms with Gasteiger partial charge in [-0.15, -0.1) is 11.6 Å². The van der Waals surface area contributed by atoms with Crippen LogP contribution in [0, 0.1) is 5.92 Å². The Labute approximate surface area is 78.2 Å². The first kappa shape index (κ1) is 9.59. The summed E-state index contributed by atoms with van der Waals surface area (Å²) in [6.07, 6.45) is 4.52. The standard InChI is InChI=1S/C9H14ClNO/c1-8-6-9(12)11(7-8)5-3-2-4-10/h2-3,8H,4-7H2,1H3. The fourth-order valence-electron chi connectivity index (χ4n) is 1.41. The van der Waals surface area contributed by atoms with E-state index in [2.05, 4.69) is 6.92 Å². The summed E-state index contributed by atoms with van der Waals surface area (Å²) in [5, 5.41) is 0. The van der Waals surface area contributed by atoms with E-state index in [1.807, 2.05) is 17.1 Å². The lowest BCUT2D eigenvalue weighted by Gasteiger charge is -2.12. The highest BCUT2D eigenvalue weighted by atomic mass is 35.5. The lowest BCUT2D eigenvalue weighted by molar-refractivity contribution is -0.127. The summed E-state index contributed by atoms with van der Waals surface area (Å²) in [7, 11) is 0. The molecule has 0 aromatic rings. The van der Waals surface area contributed by atoms with Gasteiger partial charge < -0.3 is 4.90 Å². The van der Waals surface area contributed by atoms with E-state index in [0.717, 1.165) is 13.1 Å². The SMILES string of the molecule is CC1CC(=O)N(CC=CCCl)C1. The smallest absolute Gasteiger partial charge is 0.223 e. The number of halogens is 1. The fourth-order valence-corrected chi connectivity index (χ4v) is 1.54. The number of hydrogen-bond donors (Lipinski definition) is 0. The van der Waals surface area contributed by atoms with Crippen molar-refractivity contribution in [2.24, 2.45) is 5.92 Å². The normalized spacial score (nSPS) is 24.3. The lowest BCUT2D eigenvalue weighted by atomic mass is 10.2. The van der Waals surface area contributed by atoms with E-state index in [-0.39, 0.29) is 5.91 Å². The van der Waals surface area contributed by atoms with Gasteiger partial charge in [0.1, 0.15) is 0 Å². The van der Waals surface area contributed by atoms with Crippen LogP contribution >= 0.6 is 11.6 Å². The van der Waals surface area contributed by atoms with Crippen LogP contribution in [0.2, 0.25) is 0 Å². The number of nitrogens with zero attached hydrogens (tertiary/aromatic N) is 1. The molecule has 1 aliphatic heterocycles. The van der Waals surface area contributed by atoms with Crippen molar-refractivity contribution in [3.05, 3.63) is 12.2 Å². The van der Waals surface area contributed by atoms with Gasteiger partial charge in [-0.3, -0.25) is 4.79 Å². The van der Waals surface area contributed by atoms with E-state index in [1.54, 1.807) is 0 Å². The lowest BCUT2D eigenvalue weighted by Crippen LogP contribution is -2.24. The molecule has 12 heavy (non-hydrogen) atoms. The molecule has 1 saturated heterocycles. The molecule has 3 heteroatoms. The molecule has 0 aromatic heterocycles. The van der Waals surface area contributed by atoms with Gasteiger partial charge in [-0.1, -0.05) is 19.1 Å². The topological polar surface area (TPSA) is 20.3 Å². The van der Waals surface area contributed by atoms with E-state index in [1.165, 1.54) is 0 Å². The molecule has 0 radical (unpaired) electrons. The van der Waals surface area contributed by atoms with Gasteiger partial charge in [-0.05, 0) is 5.92 Å². The molecule has 1 aliphatic rings. The molecule has 0 spiro atoms. The third-order valence-corrected chi connectivity index (χ3v) is 2.17. The molecule has 0 aliphatic carbocycles. The van der Waals surface area contributed by atoms with Crippen LogP contribution in [0.3, 0.4) is 0 Å². The van der Waals surface area contributed by atoms with Crippen molar-refractivity contribution in [3.8, 4) is 0 Å². The van der Waals surface area contributed by atoms with Crippen molar-refractivity contribution in [3.63, 3.8) is 0 Å². The zero-order valence-electron chi connectivity index (χ0n) is 7.29. The highest BCUT2D eigenvalue weighted by Gasteiger charge is 2.24.